The summed E-state index contributed by atoms with van der Waals surface area (Å²) in [6.45, 7) is 6.24. The molecule has 0 saturated carbocycles. The zero-order valence-electron chi connectivity index (χ0n) is 16.0. The predicted molar refractivity (Wildman–Crippen MR) is 108 cm³/mol. The summed E-state index contributed by atoms with van der Waals surface area (Å²) in [7, 11) is 0. The Hall–Kier alpha value is -2.86. The van der Waals surface area contributed by atoms with Gasteiger partial charge in [0.15, 0.2) is 0 Å². The van der Waals surface area contributed by atoms with Crippen molar-refractivity contribution in [1.82, 2.24) is 9.88 Å². The lowest BCUT2D eigenvalue weighted by Crippen LogP contribution is -2.46. The van der Waals surface area contributed by atoms with E-state index in [9.17, 15) is 9.18 Å². The number of nitrogens with zero attached hydrogens (tertiary/aromatic N) is 2. The van der Waals surface area contributed by atoms with Gasteiger partial charge < -0.3 is 14.6 Å². The van der Waals surface area contributed by atoms with Crippen LogP contribution < -0.4 is 4.90 Å². The van der Waals surface area contributed by atoms with Crippen molar-refractivity contribution in [3.05, 3.63) is 65.6 Å². The first-order valence-electron chi connectivity index (χ1n) is 9.65. The summed E-state index contributed by atoms with van der Waals surface area (Å²) in [5.41, 5.74) is 3.21. The zero-order valence-corrected chi connectivity index (χ0v) is 16.0. The number of piperazine rings is 1. The number of benzene rings is 2. The Labute approximate surface area is 163 Å². The van der Waals surface area contributed by atoms with Gasteiger partial charge in [-0.25, -0.2) is 9.18 Å². The average molecular weight is 381 g/mol. The number of carbonyl (C=O) groups excluding carboxylic acids is 1. The maximum absolute atomic E-state index is 13.8. The van der Waals surface area contributed by atoms with Crippen LogP contribution in [0.3, 0.4) is 0 Å². The lowest BCUT2D eigenvalue weighted by atomic mass is 10.1. The van der Waals surface area contributed by atoms with Gasteiger partial charge in [0.1, 0.15) is 11.5 Å². The molecular formula is C22H24FN3O2. The van der Waals surface area contributed by atoms with Gasteiger partial charge >= 0.3 is 5.97 Å². The minimum Gasteiger partial charge on any atom is -0.461 e. The van der Waals surface area contributed by atoms with E-state index in [2.05, 4.69) is 26.9 Å². The Bertz CT molecular complexity index is 963. The molecule has 0 aliphatic carbocycles. The molecule has 0 amide bonds. The normalized spacial score (nSPS) is 15.1. The van der Waals surface area contributed by atoms with Crippen molar-refractivity contribution in [2.75, 3.05) is 37.7 Å². The molecule has 1 aromatic heterocycles. The molecule has 0 radical (unpaired) electrons. The quantitative estimate of drug-likeness (QED) is 0.683. The Morgan fingerprint density at radius 2 is 1.86 bits per heavy atom. The van der Waals surface area contributed by atoms with E-state index in [1.165, 1.54) is 17.8 Å². The summed E-state index contributed by atoms with van der Waals surface area (Å²) in [6.07, 6.45) is 0. The molecule has 1 saturated heterocycles. The van der Waals surface area contributed by atoms with Crippen molar-refractivity contribution in [2.45, 2.75) is 13.5 Å². The number of carbonyl (C=O) groups is 1. The van der Waals surface area contributed by atoms with Crippen LogP contribution >= 0.6 is 0 Å². The van der Waals surface area contributed by atoms with Crippen LogP contribution in [0.15, 0.2) is 48.5 Å². The number of nitrogens with one attached hydrogen (secondary N) is 1. The van der Waals surface area contributed by atoms with Crippen molar-refractivity contribution >= 4 is 22.6 Å². The van der Waals surface area contributed by atoms with Crippen molar-refractivity contribution in [2.24, 2.45) is 0 Å². The number of H-pyrrole nitrogens is 1. The maximum Gasteiger partial charge on any atom is 0.355 e. The van der Waals surface area contributed by atoms with E-state index in [0.29, 0.717) is 18.8 Å². The topological polar surface area (TPSA) is 48.6 Å². The van der Waals surface area contributed by atoms with E-state index in [4.69, 9.17) is 4.74 Å². The van der Waals surface area contributed by atoms with Gasteiger partial charge in [-0.3, -0.25) is 4.90 Å². The highest BCUT2D eigenvalue weighted by Gasteiger charge is 2.23. The summed E-state index contributed by atoms with van der Waals surface area (Å²) in [5.74, 6) is -0.700. The van der Waals surface area contributed by atoms with Crippen molar-refractivity contribution in [3.8, 4) is 0 Å². The maximum atomic E-state index is 13.8. The van der Waals surface area contributed by atoms with E-state index in [1.807, 2.05) is 18.2 Å². The minimum absolute atomic E-state index is 0.303. The number of hydrogen-bond acceptors (Lipinski definition) is 4. The Balaban J connectivity index is 1.55. The smallest absolute Gasteiger partial charge is 0.355 e. The van der Waals surface area contributed by atoms with Crippen molar-refractivity contribution in [3.63, 3.8) is 0 Å². The van der Waals surface area contributed by atoms with Crippen molar-refractivity contribution in [1.29, 1.82) is 0 Å². The lowest BCUT2D eigenvalue weighted by molar-refractivity contribution is 0.0518. The number of halogens is 1. The summed E-state index contributed by atoms with van der Waals surface area (Å²) in [5, 5.41) is 0.744. The third-order valence-corrected chi connectivity index (χ3v) is 5.22. The SMILES string of the molecule is CCOC(=O)c1[nH]c2ccc(F)cc2c1CN1CCN(c2ccccc2)CC1. The molecule has 0 atom stereocenters. The van der Waals surface area contributed by atoms with Gasteiger partial charge in [-0.15, -0.1) is 0 Å². The van der Waals surface area contributed by atoms with Crippen LogP contribution in [-0.4, -0.2) is 48.6 Å². The van der Waals surface area contributed by atoms with Gasteiger partial charge in [-0.1, -0.05) is 18.2 Å². The van der Waals surface area contributed by atoms with E-state index in [0.717, 1.165) is 42.6 Å². The second kappa shape index (κ2) is 8.02. The van der Waals surface area contributed by atoms with E-state index in [1.54, 1.807) is 13.0 Å². The Morgan fingerprint density at radius 3 is 2.57 bits per heavy atom. The molecule has 146 valence electrons. The first-order chi connectivity index (χ1) is 13.7. The fourth-order valence-corrected chi connectivity index (χ4v) is 3.79. The third kappa shape index (κ3) is 3.73. The van der Waals surface area contributed by atoms with Crippen LogP contribution in [0.4, 0.5) is 10.1 Å². The fourth-order valence-electron chi connectivity index (χ4n) is 3.79. The standard InChI is InChI=1S/C22H24FN3O2/c1-2-28-22(27)21-19(18-14-16(23)8-9-20(18)24-21)15-25-10-12-26(13-11-25)17-6-4-3-5-7-17/h3-9,14,24H,2,10-13,15H2,1H3. The monoisotopic (exact) mass is 381 g/mol. The molecule has 1 aliphatic rings. The molecular weight excluding hydrogens is 357 g/mol. The minimum atomic E-state index is -0.392. The summed E-state index contributed by atoms with van der Waals surface area (Å²) >= 11 is 0. The number of fused-ring (bicyclic) bond motifs is 1. The number of ether oxygens (including phenoxy) is 1. The second-order valence-corrected chi connectivity index (χ2v) is 6.99. The first kappa shape index (κ1) is 18.5. The average Bonchev–Trinajstić information content (AvgIpc) is 3.07. The van der Waals surface area contributed by atoms with E-state index >= 15 is 0 Å². The third-order valence-electron chi connectivity index (χ3n) is 5.22. The number of aromatic nitrogens is 1. The lowest BCUT2D eigenvalue weighted by Gasteiger charge is -2.36. The summed E-state index contributed by atoms with van der Waals surface area (Å²) < 4.78 is 19.0. The summed E-state index contributed by atoms with van der Waals surface area (Å²) in [4.78, 5) is 20.2. The molecule has 2 aromatic carbocycles. The highest BCUT2D eigenvalue weighted by atomic mass is 19.1. The highest BCUT2D eigenvalue weighted by molar-refractivity contribution is 5.98. The van der Waals surface area contributed by atoms with E-state index < -0.39 is 5.97 Å². The van der Waals surface area contributed by atoms with Crippen LogP contribution in [-0.2, 0) is 11.3 Å². The first-order valence-corrected chi connectivity index (χ1v) is 9.65. The van der Waals surface area contributed by atoms with Crippen LogP contribution in [0.2, 0.25) is 0 Å². The number of para-hydroxylation sites is 1. The van der Waals surface area contributed by atoms with Crippen molar-refractivity contribution < 1.29 is 13.9 Å². The van der Waals surface area contributed by atoms with E-state index in [-0.39, 0.29) is 5.82 Å². The van der Waals surface area contributed by atoms with Crippen LogP contribution in [0.5, 0.6) is 0 Å². The van der Waals surface area contributed by atoms with Gasteiger partial charge in [-0.05, 0) is 37.3 Å². The molecule has 1 fully saturated rings. The fraction of sp³-hybridized carbons (Fsp3) is 0.318. The van der Waals surface area contributed by atoms with Crippen LogP contribution in [0.1, 0.15) is 23.0 Å². The van der Waals surface area contributed by atoms with Gasteiger partial charge in [0.05, 0.1) is 6.61 Å². The second-order valence-electron chi connectivity index (χ2n) is 6.99. The molecule has 6 heteroatoms. The Morgan fingerprint density at radius 1 is 1.11 bits per heavy atom. The molecule has 0 bridgehead atoms. The largest absolute Gasteiger partial charge is 0.461 e. The molecule has 2 heterocycles. The number of aromatic amines is 1. The zero-order chi connectivity index (χ0) is 19.5. The van der Waals surface area contributed by atoms with Gasteiger partial charge in [0.25, 0.3) is 0 Å². The predicted octanol–water partition coefficient (Wildman–Crippen LogP) is 3.81. The number of anilines is 1. The van der Waals surface area contributed by atoms with Gasteiger partial charge in [-0.2, -0.15) is 0 Å². The number of esters is 1. The molecule has 5 nitrogen and oxygen atoms in total. The number of hydrogen-bond donors (Lipinski definition) is 1. The molecule has 4 rings (SSSR count). The summed E-state index contributed by atoms with van der Waals surface area (Å²) in [6, 6.07) is 14.9. The molecule has 28 heavy (non-hydrogen) atoms. The van der Waals surface area contributed by atoms with Gasteiger partial charge in [0.2, 0.25) is 0 Å². The molecule has 1 aliphatic heterocycles. The molecule has 0 unspecified atom stereocenters. The Kier molecular flexibility index (Phi) is 5.30. The van der Waals surface area contributed by atoms with Gasteiger partial charge in [0, 0.05) is 54.9 Å². The molecule has 0 spiro atoms. The number of rotatable bonds is 5. The molecule has 1 N–H and O–H groups in total. The molecule has 3 aromatic rings. The van der Waals surface area contributed by atoms with Crippen LogP contribution in [0, 0.1) is 5.82 Å². The highest BCUT2D eigenvalue weighted by Crippen LogP contribution is 2.26. The van der Waals surface area contributed by atoms with Crippen LogP contribution in [0.25, 0.3) is 10.9 Å².